The molecule has 0 radical (unpaired) electrons. The van der Waals surface area contributed by atoms with Crippen molar-refractivity contribution in [2.24, 2.45) is 0 Å². The van der Waals surface area contributed by atoms with Crippen LogP contribution in [0.1, 0.15) is 49.5 Å². The van der Waals surface area contributed by atoms with E-state index in [4.69, 9.17) is 27.9 Å². The zero-order valence-electron chi connectivity index (χ0n) is 11.0. The molecule has 0 heterocycles. The van der Waals surface area contributed by atoms with Crippen LogP contribution in [0.5, 0.6) is 5.75 Å². The van der Waals surface area contributed by atoms with Gasteiger partial charge in [-0.2, -0.15) is 0 Å². The zero-order chi connectivity index (χ0) is 13.9. The maximum atomic E-state index is 11.9. The minimum Gasteiger partial charge on any atom is -0.490 e. The van der Waals surface area contributed by atoms with Crippen molar-refractivity contribution in [1.29, 1.82) is 0 Å². The summed E-state index contributed by atoms with van der Waals surface area (Å²) in [6.45, 7) is 7.99. The van der Waals surface area contributed by atoms with Gasteiger partial charge < -0.3 is 4.74 Å². The Bertz CT molecular complexity index is 426. The van der Waals surface area contributed by atoms with Crippen LogP contribution in [0.3, 0.4) is 0 Å². The Morgan fingerprint density at radius 1 is 1.17 bits per heavy atom. The van der Waals surface area contributed by atoms with Gasteiger partial charge in [-0.25, -0.2) is 0 Å². The number of ether oxygens (including phenoxy) is 1. The molecule has 1 aromatic rings. The number of halogens is 2. The van der Waals surface area contributed by atoms with Crippen molar-refractivity contribution in [3.05, 3.63) is 29.3 Å². The standard InChI is InChI=1S/C14H18Cl2O2/c1-8(2)10-5-6-11(13(17)14(15)16)12(7-10)18-9(3)4/h5-9,14H,1-4H3. The molecule has 0 saturated heterocycles. The molecule has 0 amide bonds. The van der Waals surface area contributed by atoms with Gasteiger partial charge in [0.1, 0.15) is 5.75 Å². The van der Waals surface area contributed by atoms with Crippen molar-refractivity contribution in [3.8, 4) is 5.75 Å². The van der Waals surface area contributed by atoms with Gasteiger partial charge in [-0.3, -0.25) is 4.79 Å². The van der Waals surface area contributed by atoms with Crippen molar-refractivity contribution in [2.45, 2.75) is 44.6 Å². The molecule has 100 valence electrons. The fourth-order valence-electron chi connectivity index (χ4n) is 1.57. The fraction of sp³-hybridized carbons (Fsp3) is 0.500. The number of hydrogen-bond acceptors (Lipinski definition) is 2. The van der Waals surface area contributed by atoms with Crippen LogP contribution in [0.2, 0.25) is 0 Å². The van der Waals surface area contributed by atoms with Crippen LogP contribution in [0.4, 0.5) is 0 Å². The summed E-state index contributed by atoms with van der Waals surface area (Å²) >= 11 is 11.3. The first-order chi connectivity index (χ1) is 8.32. The quantitative estimate of drug-likeness (QED) is 0.585. The largest absolute Gasteiger partial charge is 0.490 e. The molecule has 1 rings (SSSR count). The molecule has 0 bridgehead atoms. The molecule has 0 aromatic heterocycles. The summed E-state index contributed by atoms with van der Waals surface area (Å²) in [4.78, 5) is 10.8. The van der Waals surface area contributed by atoms with Crippen molar-refractivity contribution in [2.75, 3.05) is 0 Å². The van der Waals surface area contributed by atoms with E-state index >= 15 is 0 Å². The van der Waals surface area contributed by atoms with Crippen LogP contribution in [-0.2, 0) is 0 Å². The van der Waals surface area contributed by atoms with E-state index in [0.29, 0.717) is 17.2 Å². The van der Waals surface area contributed by atoms with Crippen LogP contribution >= 0.6 is 23.2 Å². The predicted octanol–water partition coefficient (Wildman–Crippen LogP) is 4.58. The molecule has 18 heavy (non-hydrogen) atoms. The number of rotatable bonds is 5. The maximum Gasteiger partial charge on any atom is 0.199 e. The Hall–Kier alpha value is -0.730. The van der Waals surface area contributed by atoms with E-state index in [1.54, 1.807) is 6.07 Å². The average molecular weight is 289 g/mol. The summed E-state index contributed by atoms with van der Waals surface area (Å²) in [6.07, 6.45) is -0.0111. The maximum absolute atomic E-state index is 11.9. The number of carbonyl (C=O) groups is 1. The highest BCUT2D eigenvalue weighted by Crippen LogP contribution is 2.28. The third-order valence-corrected chi connectivity index (χ3v) is 2.90. The Balaban J connectivity index is 3.20. The Morgan fingerprint density at radius 2 is 1.78 bits per heavy atom. The second kappa shape index (κ2) is 6.44. The summed E-state index contributed by atoms with van der Waals surface area (Å²) in [5, 5.41) is 0. The molecule has 0 aliphatic heterocycles. The molecule has 4 heteroatoms. The number of Topliss-reactive ketones (excluding diaryl/α,β-unsaturated/α-hetero) is 1. The smallest absolute Gasteiger partial charge is 0.199 e. The third kappa shape index (κ3) is 3.89. The van der Waals surface area contributed by atoms with E-state index in [1.807, 2.05) is 26.0 Å². The molecule has 0 unspecified atom stereocenters. The number of alkyl halides is 2. The molecule has 0 spiro atoms. The third-order valence-electron chi connectivity index (χ3n) is 2.50. The molecule has 0 fully saturated rings. The molecule has 0 N–H and O–H groups in total. The molecule has 0 aliphatic carbocycles. The van der Waals surface area contributed by atoms with Crippen molar-refractivity contribution in [1.82, 2.24) is 0 Å². The van der Waals surface area contributed by atoms with Gasteiger partial charge in [0.25, 0.3) is 0 Å². The lowest BCUT2D eigenvalue weighted by Gasteiger charge is -2.16. The summed E-state index contributed by atoms with van der Waals surface area (Å²) in [5.41, 5.74) is 1.55. The van der Waals surface area contributed by atoms with E-state index in [9.17, 15) is 4.79 Å². The van der Waals surface area contributed by atoms with Gasteiger partial charge in [0, 0.05) is 0 Å². The second-order valence-corrected chi connectivity index (χ2v) is 5.84. The van der Waals surface area contributed by atoms with Gasteiger partial charge in [-0.15, -0.1) is 0 Å². The topological polar surface area (TPSA) is 26.3 Å². The summed E-state index contributed by atoms with van der Waals surface area (Å²) < 4.78 is 5.67. The number of benzene rings is 1. The second-order valence-electron chi connectivity index (χ2n) is 4.74. The van der Waals surface area contributed by atoms with Crippen LogP contribution in [-0.4, -0.2) is 16.7 Å². The molecule has 2 nitrogen and oxygen atoms in total. The average Bonchev–Trinajstić information content (AvgIpc) is 2.26. The van der Waals surface area contributed by atoms with Crippen LogP contribution < -0.4 is 4.74 Å². The summed E-state index contributed by atoms with van der Waals surface area (Å²) in [6, 6.07) is 5.52. The van der Waals surface area contributed by atoms with Gasteiger partial charge in [0.2, 0.25) is 0 Å². The minimum absolute atomic E-state index is 0.0111. The predicted molar refractivity (Wildman–Crippen MR) is 76.1 cm³/mol. The summed E-state index contributed by atoms with van der Waals surface area (Å²) in [7, 11) is 0. The first-order valence-corrected chi connectivity index (χ1v) is 6.83. The Labute approximate surface area is 118 Å². The monoisotopic (exact) mass is 288 g/mol. The van der Waals surface area contributed by atoms with E-state index < -0.39 is 4.84 Å². The van der Waals surface area contributed by atoms with Crippen molar-refractivity contribution < 1.29 is 9.53 Å². The van der Waals surface area contributed by atoms with Gasteiger partial charge >= 0.3 is 0 Å². The Kier molecular flexibility index (Phi) is 5.48. The Morgan fingerprint density at radius 3 is 2.22 bits per heavy atom. The van der Waals surface area contributed by atoms with Crippen molar-refractivity contribution in [3.63, 3.8) is 0 Å². The van der Waals surface area contributed by atoms with Crippen LogP contribution in [0, 0.1) is 0 Å². The van der Waals surface area contributed by atoms with Gasteiger partial charge in [-0.1, -0.05) is 43.1 Å². The number of hydrogen-bond donors (Lipinski definition) is 0. The molecule has 0 atom stereocenters. The molecular formula is C14H18Cl2O2. The number of ketones is 1. The lowest BCUT2D eigenvalue weighted by Crippen LogP contribution is -2.14. The highest BCUT2D eigenvalue weighted by molar-refractivity contribution is 6.55. The SMILES string of the molecule is CC(C)Oc1cc(C(C)C)ccc1C(=O)C(Cl)Cl. The first kappa shape index (κ1) is 15.3. The van der Waals surface area contributed by atoms with Crippen molar-refractivity contribution >= 4 is 29.0 Å². The van der Waals surface area contributed by atoms with E-state index in [1.165, 1.54) is 0 Å². The summed E-state index contributed by atoms with van der Waals surface area (Å²) in [5.74, 6) is 0.586. The lowest BCUT2D eigenvalue weighted by atomic mass is 9.99. The van der Waals surface area contributed by atoms with E-state index in [2.05, 4.69) is 13.8 Å². The fourth-order valence-corrected chi connectivity index (χ4v) is 1.81. The van der Waals surface area contributed by atoms with Gasteiger partial charge in [0.15, 0.2) is 10.6 Å². The van der Waals surface area contributed by atoms with E-state index in [-0.39, 0.29) is 11.9 Å². The minimum atomic E-state index is -1.07. The van der Waals surface area contributed by atoms with Gasteiger partial charge in [-0.05, 0) is 37.5 Å². The van der Waals surface area contributed by atoms with E-state index in [0.717, 1.165) is 5.56 Å². The van der Waals surface area contributed by atoms with Crippen LogP contribution in [0.25, 0.3) is 0 Å². The van der Waals surface area contributed by atoms with Crippen LogP contribution in [0.15, 0.2) is 18.2 Å². The highest BCUT2D eigenvalue weighted by Gasteiger charge is 2.20. The van der Waals surface area contributed by atoms with Gasteiger partial charge in [0.05, 0.1) is 11.7 Å². The normalized spacial score (nSPS) is 11.4. The molecule has 0 saturated carbocycles. The number of carbonyl (C=O) groups excluding carboxylic acids is 1. The molecular weight excluding hydrogens is 271 g/mol. The first-order valence-electron chi connectivity index (χ1n) is 5.96. The molecule has 1 aromatic carbocycles. The highest BCUT2D eigenvalue weighted by atomic mass is 35.5. The lowest BCUT2D eigenvalue weighted by molar-refractivity contribution is 0.100. The zero-order valence-corrected chi connectivity index (χ0v) is 12.5. The molecule has 0 aliphatic rings.